The lowest BCUT2D eigenvalue weighted by atomic mass is 9.82. The van der Waals surface area contributed by atoms with Crippen molar-refractivity contribution in [2.45, 2.75) is 53.6 Å². The van der Waals surface area contributed by atoms with E-state index in [2.05, 4.69) is 15.3 Å². The van der Waals surface area contributed by atoms with Crippen LogP contribution < -0.4 is 20.5 Å². The van der Waals surface area contributed by atoms with E-state index in [0.29, 0.717) is 30.1 Å². The summed E-state index contributed by atoms with van der Waals surface area (Å²) in [5.74, 6) is -0.528. The van der Waals surface area contributed by atoms with Gasteiger partial charge in [0.15, 0.2) is 5.82 Å². The van der Waals surface area contributed by atoms with Gasteiger partial charge in [-0.15, -0.1) is 0 Å². The van der Waals surface area contributed by atoms with E-state index >= 15 is 0 Å². The van der Waals surface area contributed by atoms with Crippen LogP contribution in [0.15, 0.2) is 24.4 Å². The standard InChI is InChI=1S/C25H35FN4O5/c1-15(12-27)11-25(6,22(31)35-24(3,4)5)14-33-20-9-8-19(30-16(20)2)17-10-21(29-13-18(17)26)34-23(32)28-7/h8-10,13,15H,11-12,14,27H2,1-7H3,(H,28,32)/t15-,25-/m0/s1. The van der Waals surface area contributed by atoms with E-state index in [4.69, 9.17) is 19.9 Å². The lowest BCUT2D eigenvalue weighted by Gasteiger charge is -2.33. The van der Waals surface area contributed by atoms with E-state index in [1.165, 1.54) is 13.1 Å². The number of carbonyl (C=O) groups excluding carboxylic acids is 2. The van der Waals surface area contributed by atoms with Gasteiger partial charge < -0.3 is 25.3 Å². The van der Waals surface area contributed by atoms with E-state index in [1.54, 1.807) is 26.0 Å². The van der Waals surface area contributed by atoms with Gasteiger partial charge in [-0.2, -0.15) is 0 Å². The van der Waals surface area contributed by atoms with Crippen LogP contribution in [0.2, 0.25) is 0 Å². The van der Waals surface area contributed by atoms with Gasteiger partial charge in [-0.3, -0.25) is 4.79 Å². The van der Waals surface area contributed by atoms with Crippen molar-refractivity contribution >= 4 is 12.1 Å². The molecule has 0 aromatic carbocycles. The highest BCUT2D eigenvalue weighted by Gasteiger charge is 2.39. The number of esters is 1. The van der Waals surface area contributed by atoms with Crippen molar-refractivity contribution in [1.29, 1.82) is 0 Å². The number of ether oxygens (including phenoxy) is 3. The van der Waals surface area contributed by atoms with Gasteiger partial charge in [0.1, 0.15) is 18.0 Å². The van der Waals surface area contributed by atoms with Gasteiger partial charge in [-0.25, -0.2) is 19.2 Å². The fraction of sp³-hybridized carbons (Fsp3) is 0.520. The Morgan fingerprint density at radius 1 is 1.23 bits per heavy atom. The molecule has 192 valence electrons. The average Bonchev–Trinajstić information content (AvgIpc) is 2.78. The molecule has 2 atom stereocenters. The summed E-state index contributed by atoms with van der Waals surface area (Å²) < 4.78 is 31.1. The Bertz CT molecular complexity index is 1060. The minimum Gasteiger partial charge on any atom is -0.491 e. The van der Waals surface area contributed by atoms with E-state index in [0.717, 1.165) is 6.20 Å². The maximum atomic E-state index is 14.4. The van der Waals surface area contributed by atoms with Crippen molar-refractivity contribution in [3.8, 4) is 22.9 Å². The SMILES string of the molecule is CNC(=O)Oc1cc(-c2ccc(OC[C@](C)(C[C@H](C)CN)C(=O)OC(C)(C)C)c(C)n2)c(F)cn1. The highest BCUT2D eigenvalue weighted by molar-refractivity contribution is 5.77. The van der Waals surface area contributed by atoms with Gasteiger partial charge in [0.2, 0.25) is 5.88 Å². The molecule has 2 aromatic heterocycles. The summed E-state index contributed by atoms with van der Waals surface area (Å²) in [6.07, 6.45) is 0.721. The zero-order valence-electron chi connectivity index (χ0n) is 21.4. The molecule has 0 aliphatic rings. The smallest absolute Gasteiger partial charge is 0.413 e. The van der Waals surface area contributed by atoms with Crippen LogP contribution in [-0.4, -0.2) is 47.8 Å². The predicted molar refractivity (Wildman–Crippen MR) is 130 cm³/mol. The Hall–Kier alpha value is -3.27. The number of hydrogen-bond donors (Lipinski definition) is 2. The third-order valence-corrected chi connectivity index (χ3v) is 5.18. The number of aromatic nitrogens is 2. The first-order valence-electron chi connectivity index (χ1n) is 11.4. The van der Waals surface area contributed by atoms with Crippen LogP contribution in [-0.2, 0) is 9.53 Å². The summed E-state index contributed by atoms with van der Waals surface area (Å²) in [6.45, 7) is 11.4. The normalized spacial score (nSPS) is 14.0. The number of amides is 1. The van der Waals surface area contributed by atoms with Crippen molar-refractivity contribution in [2.24, 2.45) is 17.1 Å². The summed E-state index contributed by atoms with van der Waals surface area (Å²) in [5.41, 5.74) is 5.14. The Balaban J connectivity index is 2.26. The maximum absolute atomic E-state index is 14.4. The van der Waals surface area contributed by atoms with Gasteiger partial charge in [0.25, 0.3) is 0 Å². The van der Waals surface area contributed by atoms with Gasteiger partial charge >= 0.3 is 12.1 Å². The molecule has 2 rings (SSSR count). The van der Waals surface area contributed by atoms with Crippen LogP contribution in [0.1, 0.15) is 46.7 Å². The maximum Gasteiger partial charge on any atom is 0.413 e. The zero-order chi connectivity index (χ0) is 26.4. The number of carbonyl (C=O) groups is 2. The molecule has 0 spiro atoms. The lowest BCUT2D eigenvalue weighted by Crippen LogP contribution is -2.41. The molecule has 1 amide bonds. The van der Waals surface area contributed by atoms with Gasteiger partial charge in [0, 0.05) is 18.7 Å². The average molecular weight is 491 g/mol. The van der Waals surface area contributed by atoms with Crippen LogP contribution in [0.4, 0.5) is 9.18 Å². The van der Waals surface area contributed by atoms with Crippen molar-refractivity contribution < 1.29 is 28.2 Å². The molecule has 0 radical (unpaired) electrons. The minimum atomic E-state index is -0.930. The highest BCUT2D eigenvalue weighted by atomic mass is 19.1. The number of nitrogens with two attached hydrogens (primary N) is 1. The fourth-order valence-corrected chi connectivity index (χ4v) is 3.36. The summed E-state index contributed by atoms with van der Waals surface area (Å²) in [5, 5.41) is 2.30. The van der Waals surface area contributed by atoms with Crippen molar-refractivity contribution in [2.75, 3.05) is 20.2 Å². The molecule has 9 nitrogen and oxygen atoms in total. The van der Waals surface area contributed by atoms with Crippen LogP contribution in [0.3, 0.4) is 0 Å². The Morgan fingerprint density at radius 3 is 2.49 bits per heavy atom. The Labute approximate surface area is 205 Å². The third-order valence-electron chi connectivity index (χ3n) is 5.18. The molecule has 10 heteroatoms. The third kappa shape index (κ3) is 7.88. The molecule has 0 fully saturated rings. The minimum absolute atomic E-state index is 0.0574. The number of halogens is 1. The monoisotopic (exact) mass is 490 g/mol. The van der Waals surface area contributed by atoms with Crippen LogP contribution in [0, 0.1) is 24.1 Å². The van der Waals surface area contributed by atoms with E-state index in [-0.39, 0.29) is 29.9 Å². The van der Waals surface area contributed by atoms with Gasteiger partial charge in [-0.05, 0) is 65.6 Å². The molecule has 2 heterocycles. The first-order valence-corrected chi connectivity index (χ1v) is 11.4. The number of aryl methyl sites for hydroxylation is 1. The quantitative estimate of drug-likeness (QED) is 0.505. The molecule has 2 aromatic rings. The fourth-order valence-electron chi connectivity index (χ4n) is 3.36. The predicted octanol–water partition coefficient (Wildman–Crippen LogP) is 4.02. The number of pyridine rings is 2. The number of nitrogens with zero attached hydrogens (tertiary/aromatic N) is 2. The molecule has 0 aliphatic carbocycles. The van der Waals surface area contributed by atoms with Crippen LogP contribution in [0.5, 0.6) is 11.6 Å². The summed E-state index contributed by atoms with van der Waals surface area (Å²) in [4.78, 5) is 32.6. The zero-order valence-corrected chi connectivity index (χ0v) is 21.4. The molecule has 35 heavy (non-hydrogen) atoms. The molecule has 0 bridgehead atoms. The molecule has 0 saturated heterocycles. The molecular formula is C25H35FN4O5. The van der Waals surface area contributed by atoms with E-state index < -0.39 is 22.9 Å². The first kappa shape index (κ1) is 28.0. The van der Waals surface area contributed by atoms with Crippen molar-refractivity contribution in [3.05, 3.63) is 35.9 Å². The van der Waals surface area contributed by atoms with Crippen LogP contribution in [0.25, 0.3) is 11.3 Å². The molecule has 0 aliphatic heterocycles. The second kappa shape index (κ2) is 11.4. The van der Waals surface area contributed by atoms with E-state index in [1.807, 2.05) is 27.7 Å². The second-order valence-corrected chi connectivity index (χ2v) is 9.82. The number of nitrogens with one attached hydrogen (secondary N) is 1. The summed E-state index contributed by atoms with van der Waals surface area (Å²) in [7, 11) is 1.40. The van der Waals surface area contributed by atoms with Gasteiger partial charge in [0.05, 0.1) is 23.0 Å². The Kier molecular flexibility index (Phi) is 9.14. The number of hydrogen-bond acceptors (Lipinski definition) is 8. The number of rotatable bonds is 9. The molecule has 3 N–H and O–H groups in total. The second-order valence-electron chi connectivity index (χ2n) is 9.82. The summed E-state index contributed by atoms with van der Waals surface area (Å²) >= 11 is 0. The largest absolute Gasteiger partial charge is 0.491 e. The lowest BCUT2D eigenvalue weighted by molar-refractivity contribution is -0.169. The van der Waals surface area contributed by atoms with Crippen LogP contribution >= 0.6 is 0 Å². The van der Waals surface area contributed by atoms with Crippen molar-refractivity contribution in [3.63, 3.8) is 0 Å². The Morgan fingerprint density at radius 2 is 1.91 bits per heavy atom. The molecule has 0 saturated carbocycles. The first-order chi connectivity index (χ1) is 16.3. The molecule has 0 unspecified atom stereocenters. The van der Waals surface area contributed by atoms with Crippen molar-refractivity contribution in [1.82, 2.24) is 15.3 Å². The highest BCUT2D eigenvalue weighted by Crippen LogP contribution is 2.32. The van der Waals surface area contributed by atoms with E-state index in [9.17, 15) is 14.0 Å². The van der Waals surface area contributed by atoms with Gasteiger partial charge in [-0.1, -0.05) is 6.92 Å². The molecular weight excluding hydrogens is 455 g/mol. The summed E-state index contributed by atoms with van der Waals surface area (Å²) in [6, 6.07) is 4.52. The topological polar surface area (TPSA) is 126 Å².